The van der Waals surface area contributed by atoms with Gasteiger partial charge in [0.1, 0.15) is 54.5 Å². The van der Waals surface area contributed by atoms with E-state index in [1.54, 1.807) is 18.2 Å². The van der Waals surface area contributed by atoms with Crippen molar-refractivity contribution in [3.63, 3.8) is 0 Å². The molecule has 2 unspecified atom stereocenters. The van der Waals surface area contributed by atoms with E-state index < -0.39 is 29.7 Å². The van der Waals surface area contributed by atoms with Crippen LogP contribution in [0, 0.1) is 27.7 Å². The lowest BCUT2D eigenvalue weighted by Crippen LogP contribution is -2.39. The molecule has 0 bridgehead atoms. The molecule has 0 aliphatic carbocycles. The molecule has 0 aliphatic rings. The minimum absolute atomic E-state index is 0.0407. The Morgan fingerprint density at radius 3 is 1.62 bits per heavy atom. The van der Waals surface area contributed by atoms with Crippen molar-refractivity contribution >= 4 is 11.9 Å². The predicted octanol–water partition coefficient (Wildman–Crippen LogP) is 5.60. The minimum atomic E-state index is -0.979. The molecule has 0 amide bonds. The standard InChI is InChI=1S/C33H44O9/c1-9-31(36)40-20-26(35)19-39-28-14-16-30(24(8)22(28)6)41-29-15-13-27(21(5)23(29)7)38-18-25(34)17-33(11-3,12-4)42-32(37)10-2/h9-10,13-16,25-26,34-35H,1-2,11-12,17-20H2,3-8H3. The van der Waals surface area contributed by atoms with Crippen LogP contribution in [0.4, 0.5) is 0 Å². The first-order valence-electron chi connectivity index (χ1n) is 14.0. The predicted molar refractivity (Wildman–Crippen MR) is 160 cm³/mol. The minimum Gasteiger partial charge on any atom is -0.491 e. The molecule has 2 atom stereocenters. The third kappa shape index (κ3) is 9.36. The largest absolute Gasteiger partial charge is 0.491 e. The van der Waals surface area contributed by atoms with Crippen molar-refractivity contribution < 1.29 is 43.5 Å². The highest BCUT2D eigenvalue weighted by Crippen LogP contribution is 2.36. The Hall–Kier alpha value is -3.82. The fourth-order valence-corrected chi connectivity index (χ4v) is 4.32. The van der Waals surface area contributed by atoms with Crippen LogP contribution in [-0.2, 0) is 19.1 Å². The number of ether oxygens (including phenoxy) is 5. The lowest BCUT2D eigenvalue weighted by molar-refractivity contribution is -0.158. The zero-order valence-electron chi connectivity index (χ0n) is 25.5. The van der Waals surface area contributed by atoms with E-state index in [9.17, 15) is 19.8 Å². The van der Waals surface area contributed by atoms with Crippen LogP contribution >= 0.6 is 0 Å². The Morgan fingerprint density at radius 1 is 0.738 bits per heavy atom. The second kappa shape index (κ2) is 16.0. The molecule has 9 nitrogen and oxygen atoms in total. The van der Waals surface area contributed by atoms with E-state index in [4.69, 9.17) is 23.7 Å². The zero-order valence-corrected chi connectivity index (χ0v) is 25.5. The van der Waals surface area contributed by atoms with Crippen LogP contribution in [0.3, 0.4) is 0 Å². The summed E-state index contributed by atoms with van der Waals surface area (Å²) in [7, 11) is 0. The average molecular weight is 585 g/mol. The van der Waals surface area contributed by atoms with Crippen LogP contribution in [-0.4, -0.2) is 59.8 Å². The summed E-state index contributed by atoms with van der Waals surface area (Å²) in [5, 5.41) is 20.7. The summed E-state index contributed by atoms with van der Waals surface area (Å²) in [6.07, 6.45) is 1.71. The van der Waals surface area contributed by atoms with Gasteiger partial charge in [-0.3, -0.25) is 0 Å². The van der Waals surface area contributed by atoms with E-state index >= 15 is 0 Å². The fraction of sp³-hybridized carbons (Fsp3) is 0.455. The molecule has 0 heterocycles. The van der Waals surface area contributed by atoms with Gasteiger partial charge in [-0.2, -0.15) is 0 Å². The number of aliphatic hydroxyl groups is 2. The summed E-state index contributed by atoms with van der Waals surface area (Å²) in [6.45, 7) is 18.1. The number of carbonyl (C=O) groups excluding carboxylic acids is 2. The Bertz CT molecular complexity index is 1250. The van der Waals surface area contributed by atoms with Gasteiger partial charge in [-0.15, -0.1) is 0 Å². The summed E-state index contributed by atoms with van der Waals surface area (Å²) < 4.78 is 28.3. The normalized spacial score (nSPS) is 12.6. The number of esters is 2. The van der Waals surface area contributed by atoms with Crippen LogP contribution in [0.25, 0.3) is 0 Å². The molecule has 0 saturated heterocycles. The van der Waals surface area contributed by atoms with Crippen LogP contribution in [0.1, 0.15) is 55.4 Å². The Labute approximate surface area is 248 Å². The maximum absolute atomic E-state index is 11.8. The summed E-state index contributed by atoms with van der Waals surface area (Å²) in [4.78, 5) is 23.0. The van der Waals surface area contributed by atoms with Gasteiger partial charge < -0.3 is 33.9 Å². The van der Waals surface area contributed by atoms with Crippen molar-refractivity contribution in [2.75, 3.05) is 19.8 Å². The molecule has 2 N–H and O–H groups in total. The fourth-order valence-electron chi connectivity index (χ4n) is 4.32. The summed E-state index contributed by atoms with van der Waals surface area (Å²) in [5.74, 6) is 1.39. The van der Waals surface area contributed by atoms with Crippen LogP contribution < -0.4 is 14.2 Å². The van der Waals surface area contributed by atoms with Crippen molar-refractivity contribution in [3.05, 3.63) is 71.8 Å². The van der Waals surface area contributed by atoms with Gasteiger partial charge in [0.15, 0.2) is 0 Å². The van der Waals surface area contributed by atoms with Crippen molar-refractivity contribution in [2.24, 2.45) is 0 Å². The number of rotatable bonds is 17. The molecule has 0 aromatic heterocycles. The van der Waals surface area contributed by atoms with Crippen LogP contribution in [0.15, 0.2) is 49.6 Å². The molecule has 0 aliphatic heterocycles. The molecule has 230 valence electrons. The third-order valence-electron chi connectivity index (χ3n) is 7.42. The van der Waals surface area contributed by atoms with E-state index in [1.165, 1.54) is 0 Å². The van der Waals surface area contributed by atoms with Gasteiger partial charge in [0.25, 0.3) is 0 Å². The van der Waals surface area contributed by atoms with E-state index in [2.05, 4.69) is 13.2 Å². The van der Waals surface area contributed by atoms with Crippen molar-refractivity contribution in [1.82, 2.24) is 0 Å². The summed E-state index contributed by atoms with van der Waals surface area (Å²) in [6, 6.07) is 7.18. The molecule has 0 spiro atoms. The number of benzene rings is 2. The number of hydrogen-bond donors (Lipinski definition) is 2. The van der Waals surface area contributed by atoms with Crippen LogP contribution in [0.5, 0.6) is 23.0 Å². The molecule has 2 aromatic carbocycles. The number of aliphatic hydroxyl groups excluding tert-OH is 2. The van der Waals surface area contributed by atoms with Crippen molar-refractivity contribution in [2.45, 2.75) is 78.6 Å². The van der Waals surface area contributed by atoms with E-state index in [-0.39, 0.29) is 26.2 Å². The first-order valence-corrected chi connectivity index (χ1v) is 14.0. The van der Waals surface area contributed by atoms with Gasteiger partial charge in [0, 0.05) is 18.6 Å². The summed E-state index contributed by atoms with van der Waals surface area (Å²) >= 11 is 0. The highest BCUT2D eigenvalue weighted by atomic mass is 16.6. The average Bonchev–Trinajstić information content (AvgIpc) is 2.98. The smallest absolute Gasteiger partial charge is 0.330 e. The summed E-state index contributed by atoms with van der Waals surface area (Å²) in [5.41, 5.74) is 2.68. The molecular formula is C33H44O9. The van der Waals surface area contributed by atoms with Crippen molar-refractivity contribution in [1.29, 1.82) is 0 Å². The highest BCUT2D eigenvalue weighted by Gasteiger charge is 2.33. The third-order valence-corrected chi connectivity index (χ3v) is 7.42. The lowest BCUT2D eigenvalue weighted by Gasteiger charge is -2.33. The van der Waals surface area contributed by atoms with Crippen LogP contribution in [0.2, 0.25) is 0 Å². The van der Waals surface area contributed by atoms with Gasteiger partial charge in [0.05, 0.1) is 6.10 Å². The van der Waals surface area contributed by atoms with Gasteiger partial charge in [0.2, 0.25) is 0 Å². The molecule has 0 saturated carbocycles. The maximum Gasteiger partial charge on any atom is 0.330 e. The van der Waals surface area contributed by atoms with Gasteiger partial charge in [-0.05, 0) is 87.1 Å². The molecule has 2 rings (SSSR count). The van der Waals surface area contributed by atoms with Gasteiger partial charge >= 0.3 is 11.9 Å². The molecule has 2 aromatic rings. The van der Waals surface area contributed by atoms with Gasteiger partial charge in [-0.1, -0.05) is 27.0 Å². The SMILES string of the molecule is C=CC(=O)OCC(O)COc1ccc(Oc2ccc(OCC(O)CC(CC)(CC)OC(=O)C=C)c(C)c2C)c(C)c1C. The molecule has 0 radical (unpaired) electrons. The second-order valence-corrected chi connectivity index (χ2v) is 10.2. The topological polar surface area (TPSA) is 121 Å². The highest BCUT2D eigenvalue weighted by molar-refractivity contribution is 5.81. The quantitative estimate of drug-likeness (QED) is 0.181. The Balaban J connectivity index is 2.06. The first-order chi connectivity index (χ1) is 19.9. The lowest BCUT2D eigenvalue weighted by atomic mass is 9.90. The monoisotopic (exact) mass is 584 g/mol. The Morgan fingerprint density at radius 2 is 1.17 bits per heavy atom. The zero-order chi connectivity index (χ0) is 31.4. The van der Waals surface area contributed by atoms with E-state index in [1.807, 2.05) is 47.6 Å². The number of carbonyl (C=O) groups is 2. The molecule has 0 fully saturated rings. The Kier molecular flexibility index (Phi) is 13.1. The molecule has 42 heavy (non-hydrogen) atoms. The molecule has 9 heteroatoms. The van der Waals surface area contributed by atoms with E-state index in [0.29, 0.717) is 35.8 Å². The van der Waals surface area contributed by atoms with Crippen molar-refractivity contribution in [3.8, 4) is 23.0 Å². The van der Waals surface area contributed by atoms with E-state index in [0.717, 1.165) is 34.4 Å². The second-order valence-electron chi connectivity index (χ2n) is 10.2. The van der Waals surface area contributed by atoms with Gasteiger partial charge in [-0.25, -0.2) is 9.59 Å². The maximum atomic E-state index is 11.8. The molecular weight excluding hydrogens is 540 g/mol. The number of hydrogen-bond acceptors (Lipinski definition) is 9. The first kappa shape index (κ1) is 34.4.